The van der Waals surface area contributed by atoms with Crippen LogP contribution >= 0.6 is 11.8 Å². The Labute approximate surface area is 226 Å². The number of rotatable bonds is 9. The Bertz CT molecular complexity index is 1410. The van der Waals surface area contributed by atoms with Crippen molar-refractivity contribution >= 4 is 29.3 Å². The van der Waals surface area contributed by atoms with E-state index in [1.54, 1.807) is 24.3 Å². The number of primary amides is 1. The van der Waals surface area contributed by atoms with Crippen LogP contribution in [0, 0.1) is 0 Å². The smallest absolute Gasteiger partial charge is 0.248 e. The van der Waals surface area contributed by atoms with Crippen LogP contribution in [0.3, 0.4) is 0 Å². The van der Waals surface area contributed by atoms with Crippen molar-refractivity contribution in [2.75, 3.05) is 17.7 Å². The van der Waals surface area contributed by atoms with Crippen LogP contribution in [0.1, 0.15) is 43.6 Å². The number of aromatic nitrogens is 3. The fourth-order valence-electron chi connectivity index (χ4n) is 3.81. The highest BCUT2D eigenvalue weighted by Crippen LogP contribution is 2.31. The second-order valence-electron chi connectivity index (χ2n) is 9.67. The summed E-state index contributed by atoms with van der Waals surface area (Å²) in [5, 5.41) is 12.3. The van der Waals surface area contributed by atoms with Gasteiger partial charge in [-0.25, -0.2) is 0 Å². The van der Waals surface area contributed by atoms with E-state index >= 15 is 0 Å². The van der Waals surface area contributed by atoms with E-state index in [2.05, 4.69) is 48.4 Å². The molecule has 1 heterocycles. The quantitative estimate of drug-likeness (QED) is 0.279. The lowest BCUT2D eigenvalue weighted by Gasteiger charge is -2.19. The lowest BCUT2D eigenvalue weighted by molar-refractivity contribution is -0.113. The molecule has 8 nitrogen and oxygen atoms in total. The molecule has 0 aliphatic carbocycles. The molecule has 2 amide bonds. The van der Waals surface area contributed by atoms with Gasteiger partial charge in [-0.15, -0.1) is 10.2 Å². The van der Waals surface area contributed by atoms with Gasteiger partial charge in [-0.05, 0) is 66.4 Å². The SMILES string of the molecule is CCOc1ccc(-n2c(SCC(=O)Nc3ccc(C(N)=O)cc3)nnc2-c2ccc(C(C)(C)C)cc2)cc1. The van der Waals surface area contributed by atoms with Crippen LogP contribution in [0.4, 0.5) is 5.69 Å². The topological polar surface area (TPSA) is 112 Å². The number of benzene rings is 3. The van der Waals surface area contributed by atoms with Crippen LogP contribution in [0.2, 0.25) is 0 Å². The van der Waals surface area contributed by atoms with Gasteiger partial charge in [-0.2, -0.15) is 0 Å². The maximum atomic E-state index is 12.7. The number of carbonyl (C=O) groups excluding carboxylic acids is 2. The van der Waals surface area contributed by atoms with Gasteiger partial charge in [0.15, 0.2) is 11.0 Å². The third-order valence-corrected chi connectivity index (χ3v) is 6.76. The van der Waals surface area contributed by atoms with Crippen LogP contribution in [0.5, 0.6) is 5.75 Å². The van der Waals surface area contributed by atoms with Crippen molar-refractivity contribution < 1.29 is 14.3 Å². The molecule has 4 aromatic rings. The van der Waals surface area contributed by atoms with Gasteiger partial charge in [0.25, 0.3) is 0 Å². The van der Waals surface area contributed by atoms with Crippen molar-refractivity contribution in [3.63, 3.8) is 0 Å². The Kier molecular flexibility index (Phi) is 8.16. The number of nitrogens with two attached hydrogens (primary N) is 1. The predicted molar refractivity (Wildman–Crippen MR) is 151 cm³/mol. The summed E-state index contributed by atoms with van der Waals surface area (Å²) in [6.45, 7) is 9.06. The first-order valence-corrected chi connectivity index (χ1v) is 13.3. The van der Waals surface area contributed by atoms with Gasteiger partial charge in [0.2, 0.25) is 11.8 Å². The van der Waals surface area contributed by atoms with E-state index in [9.17, 15) is 9.59 Å². The molecule has 0 saturated heterocycles. The average molecular weight is 530 g/mol. The minimum Gasteiger partial charge on any atom is -0.494 e. The molecule has 1 aromatic heterocycles. The number of hydrogen-bond donors (Lipinski definition) is 2. The lowest BCUT2D eigenvalue weighted by Crippen LogP contribution is -2.15. The number of carbonyl (C=O) groups is 2. The van der Waals surface area contributed by atoms with Gasteiger partial charge in [-0.1, -0.05) is 56.8 Å². The van der Waals surface area contributed by atoms with Gasteiger partial charge < -0.3 is 15.8 Å². The highest BCUT2D eigenvalue weighted by atomic mass is 32.2. The fourth-order valence-corrected chi connectivity index (χ4v) is 4.56. The van der Waals surface area contributed by atoms with E-state index in [1.807, 2.05) is 47.9 Å². The molecule has 0 fully saturated rings. The van der Waals surface area contributed by atoms with Crippen molar-refractivity contribution in [1.82, 2.24) is 14.8 Å². The monoisotopic (exact) mass is 529 g/mol. The van der Waals surface area contributed by atoms with Crippen molar-refractivity contribution in [2.24, 2.45) is 5.73 Å². The Balaban J connectivity index is 1.59. The normalized spacial score (nSPS) is 11.3. The summed E-state index contributed by atoms with van der Waals surface area (Å²) >= 11 is 1.29. The lowest BCUT2D eigenvalue weighted by atomic mass is 9.87. The third kappa shape index (κ3) is 6.41. The van der Waals surface area contributed by atoms with Gasteiger partial charge in [0, 0.05) is 22.5 Å². The van der Waals surface area contributed by atoms with Crippen molar-refractivity contribution in [2.45, 2.75) is 38.3 Å². The van der Waals surface area contributed by atoms with Crippen molar-refractivity contribution in [3.8, 4) is 22.8 Å². The molecule has 0 aliphatic heterocycles. The minimum absolute atomic E-state index is 0.0376. The van der Waals surface area contributed by atoms with Gasteiger partial charge >= 0.3 is 0 Å². The number of anilines is 1. The number of thioether (sulfide) groups is 1. The molecule has 4 rings (SSSR count). The Hall–Kier alpha value is -4.11. The molecule has 196 valence electrons. The van der Waals surface area contributed by atoms with Gasteiger partial charge in [-0.3, -0.25) is 14.2 Å². The Morgan fingerprint density at radius 1 is 0.947 bits per heavy atom. The summed E-state index contributed by atoms with van der Waals surface area (Å²) in [6.07, 6.45) is 0. The zero-order valence-corrected chi connectivity index (χ0v) is 22.7. The zero-order valence-electron chi connectivity index (χ0n) is 21.9. The highest BCUT2D eigenvalue weighted by Gasteiger charge is 2.19. The van der Waals surface area contributed by atoms with Crippen molar-refractivity contribution in [1.29, 1.82) is 0 Å². The summed E-state index contributed by atoms with van der Waals surface area (Å²) in [6, 6.07) is 22.5. The number of amides is 2. The molecule has 3 aromatic carbocycles. The summed E-state index contributed by atoms with van der Waals surface area (Å²) in [7, 11) is 0. The Morgan fingerprint density at radius 3 is 2.18 bits per heavy atom. The van der Waals surface area contributed by atoms with E-state index in [4.69, 9.17) is 10.5 Å². The highest BCUT2D eigenvalue weighted by molar-refractivity contribution is 7.99. The van der Waals surface area contributed by atoms with Crippen LogP contribution < -0.4 is 15.8 Å². The van der Waals surface area contributed by atoms with E-state index in [0.717, 1.165) is 17.0 Å². The number of ether oxygens (including phenoxy) is 1. The van der Waals surface area contributed by atoms with Crippen LogP contribution in [0.15, 0.2) is 78.0 Å². The number of nitrogens with one attached hydrogen (secondary N) is 1. The molecule has 0 aliphatic rings. The molecular weight excluding hydrogens is 498 g/mol. The first-order valence-electron chi connectivity index (χ1n) is 12.3. The summed E-state index contributed by atoms with van der Waals surface area (Å²) < 4.78 is 7.55. The molecule has 0 unspecified atom stereocenters. The van der Waals surface area contributed by atoms with E-state index < -0.39 is 5.91 Å². The molecule has 0 atom stereocenters. The minimum atomic E-state index is -0.518. The molecule has 3 N–H and O–H groups in total. The van der Waals surface area contributed by atoms with Crippen LogP contribution in [-0.4, -0.2) is 38.9 Å². The molecular formula is C29H31N5O3S. The predicted octanol–water partition coefficient (Wildman–Crippen LogP) is 5.46. The first kappa shape index (κ1) is 26.9. The van der Waals surface area contributed by atoms with E-state index in [-0.39, 0.29) is 17.1 Å². The molecule has 0 saturated carbocycles. The van der Waals surface area contributed by atoms with Crippen LogP contribution in [-0.2, 0) is 10.2 Å². The standard InChI is InChI=1S/C29H31N5O3S/c1-5-37-24-16-14-23(15-17-24)34-27(20-6-10-21(11-7-20)29(2,3)4)32-33-28(34)38-18-25(35)31-22-12-8-19(9-13-22)26(30)36/h6-17H,5,18H2,1-4H3,(H2,30,36)(H,31,35). The van der Waals surface area contributed by atoms with E-state index in [1.165, 1.54) is 17.3 Å². The number of hydrogen-bond acceptors (Lipinski definition) is 6. The van der Waals surface area contributed by atoms with E-state index in [0.29, 0.717) is 28.8 Å². The van der Waals surface area contributed by atoms with Crippen molar-refractivity contribution in [3.05, 3.63) is 83.9 Å². The summed E-state index contributed by atoms with van der Waals surface area (Å²) in [5.74, 6) is 0.848. The second-order valence-corrected chi connectivity index (χ2v) is 10.6. The molecule has 38 heavy (non-hydrogen) atoms. The molecule has 0 bridgehead atoms. The maximum absolute atomic E-state index is 12.7. The largest absolute Gasteiger partial charge is 0.494 e. The fraction of sp³-hybridized carbons (Fsp3) is 0.241. The summed E-state index contributed by atoms with van der Waals surface area (Å²) in [4.78, 5) is 23.9. The average Bonchev–Trinajstić information content (AvgIpc) is 3.32. The molecule has 0 radical (unpaired) electrons. The molecule has 9 heteroatoms. The van der Waals surface area contributed by atoms with Crippen LogP contribution in [0.25, 0.3) is 17.1 Å². The third-order valence-electron chi connectivity index (χ3n) is 5.83. The maximum Gasteiger partial charge on any atom is 0.248 e. The van der Waals surface area contributed by atoms with Gasteiger partial charge in [0.05, 0.1) is 12.4 Å². The zero-order chi connectivity index (χ0) is 27.3. The summed E-state index contributed by atoms with van der Waals surface area (Å²) in [5.41, 5.74) is 9.28. The Morgan fingerprint density at radius 2 is 1.61 bits per heavy atom. The molecule has 0 spiro atoms. The second kappa shape index (κ2) is 11.5. The first-order chi connectivity index (χ1) is 18.2. The number of nitrogens with zero attached hydrogens (tertiary/aromatic N) is 3. The van der Waals surface area contributed by atoms with Gasteiger partial charge in [0.1, 0.15) is 5.75 Å².